The van der Waals surface area contributed by atoms with Crippen molar-refractivity contribution >= 4 is 6.09 Å². The quantitative estimate of drug-likeness (QED) is 0.653. The van der Waals surface area contributed by atoms with Gasteiger partial charge < -0.3 is 9.64 Å². The highest BCUT2D eigenvalue weighted by Gasteiger charge is 2.11. The molecule has 0 aromatic carbocycles. The monoisotopic (exact) mass is 186 g/mol. The number of rotatable bonds is 3. The Balaban J connectivity index is 2.03. The summed E-state index contributed by atoms with van der Waals surface area (Å²) >= 11 is 0. The largest absolute Gasteiger partial charge is 0.448 e. The summed E-state index contributed by atoms with van der Waals surface area (Å²) < 4.78 is 5.01. The van der Waals surface area contributed by atoms with Crippen molar-refractivity contribution in [2.45, 2.75) is 12.8 Å². The van der Waals surface area contributed by atoms with E-state index in [9.17, 15) is 4.79 Å². The van der Waals surface area contributed by atoms with Gasteiger partial charge in [-0.2, -0.15) is 0 Å². The Bertz CT molecular complexity index is 165. The smallest absolute Gasteiger partial charge is 0.409 e. The first-order valence-electron chi connectivity index (χ1n) is 4.76. The number of ether oxygens (including phenoxy) is 1. The van der Waals surface area contributed by atoms with Gasteiger partial charge in [0.25, 0.3) is 0 Å². The molecule has 0 saturated carbocycles. The lowest BCUT2D eigenvalue weighted by Crippen LogP contribution is -2.29. The van der Waals surface area contributed by atoms with Crippen molar-refractivity contribution in [2.24, 2.45) is 0 Å². The van der Waals surface area contributed by atoms with Gasteiger partial charge in [0.1, 0.15) is 6.61 Å². The molecule has 1 heterocycles. The number of hydrogen-bond donors (Lipinski definition) is 0. The van der Waals surface area contributed by atoms with Gasteiger partial charge >= 0.3 is 6.09 Å². The van der Waals surface area contributed by atoms with Crippen molar-refractivity contribution < 1.29 is 9.53 Å². The number of carbonyl (C=O) groups is 1. The van der Waals surface area contributed by atoms with Gasteiger partial charge in [-0.1, -0.05) is 0 Å². The lowest BCUT2D eigenvalue weighted by Gasteiger charge is -2.15. The molecular weight excluding hydrogens is 168 g/mol. The Morgan fingerprint density at radius 1 is 1.38 bits per heavy atom. The van der Waals surface area contributed by atoms with E-state index >= 15 is 0 Å². The minimum absolute atomic E-state index is 0.251. The van der Waals surface area contributed by atoms with Crippen LogP contribution in [0.3, 0.4) is 0 Å². The highest BCUT2D eigenvalue weighted by Crippen LogP contribution is 2.06. The number of hydrogen-bond acceptors (Lipinski definition) is 3. The average Bonchev–Trinajstić information content (AvgIpc) is 2.56. The first-order chi connectivity index (χ1) is 6.20. The van der Waals surface area contributed by atoms with Gasteiger partial charge in [-0.3, -0.25) is 4.90 Å². The van der Waals surface area contributed by atoms with Gasteiger partial charge in [0.15, 0.2) is 0 Å². The van der Waals surface area contributed by atoms with Crippen molar-refractivity contribution in [2.75, 3.05) is 40.3 Å². The van der Waals surface area contributed by atoms with E-state index in [1.54, 1.807) is 14.1 Å². The van der Waals surface area contributed by atoms with Crippen molar-refractivity contribution in [3.63, 3.8) is 0 Å². The van der Waals surface area contributed by atoms with Gasteiger partial charge in [0, 0.05) is 20.6 Å². The van der Waals surface area contributed by atoms with E-state index in [4.69, 9.17) is 4.74 Å². The Labute approximate surface area is 79.4 Å². The molecule has 1 aliphatic rings. The summed E-state index contributed by atoms with van der Waals surface area (Å²) in [5, 5.41) is 0. The third-order valence-corrected chi connectivity index (χ3v) is 2.20. The summed E-state index contributed by atoms with van der Waals surface area (Å²) in [4.78, 5) is 14.8. The van der Waals surface area contributed by atoms with Gasteiger partial charge in [-0.15, -0.1) is 0 Å². The summed E-state index contributed by atoms with van der Waals surface area (Å²) in [6.07, 6.45) is 2.31. The molecule has 4 nitrogen and oxygen atoms in total. The second-order valence-electron chi connectivity index (χ2n) is 3.56. The predicted molar refractivity (Wildman–Crippen MR) is 50.7 cm³/mol. The molecule has 1 rings (SSSR count). The van der Waals surface area contributed by atoms with Crippen LogP contribution in [0.15, 0.2) is 0 Å². The maximum Gasteiger partial charge on any atom is 0.409 e. The van der Waals surface area contributed by atoms with E-state index in [0.717, 1.165) is 19.6 Å². The minimum atomic E-state index is -0.251. The molecular formula is C9H18N2O2. The van der Waals surface area contributed by atoms with Crippen LogP contribution in [0.2, 0.25) is 0 Å². The Hall–Kier alpha value is -0.770. The van der Waals surface area contributed by atoms with E-state index in [1.165, 1.54) is 17.7 Å². The zero-order valence-corrected chi connectivity index (χ0v) is 8.45. The molecule has 76 valence electrons. The van der Waals surface area contributed by atoms with Gasteiger partial charge in [0.2, 0.25) is 0 Å². The van der Waals surface area contributed by atoms with Gasteiger partial charge in [0.05, 0.1) is 0 Å². The van der Waals surface area contributed by atoms with Crippen molar-refractivity contribution in [1.29, 1.82) is 0 Å². The lowest BCUT2D eigenvalue weighted by atomic mass is 10.4. The zero-order valence-electron chi connectivity index (χ0n) is 8.45. The number of amides is 1. The second-order valence-corrected chi connectivity index (χ2v) is 3.56. The summed E-state index contributed by atoms with van der Waals surface area (Å²) in [5.74, 6) is 0. The van der Waals surface area contributed by atoms with Gasteiger partial charge in [-0.25, -0.2) is 4.79 Å². The molecule has 0 aliphatic carbocycles. The third kappa shape index (κ3) is 3.63. The Morgan fingerprint density at radius 3 is 2.54 bits per heavy atom. The van der Waals surface area contributed by atoms with Crippen LogP contribution in [0.25, 0.3) is 0 Å². The van der Waals surface area contributed by atoms with Crippen LogP contribution < -0.4 is 0 Å². The first-order valence-corrected chi connectivity index (χ1v) is 4.76. The molecule has 1 aliphatic heterocycles. The fourth-order valence-corrected chi connectivity index (χ4v) is 1.40. The van der Waals surface area contributed by atoms with Crippen molar-refractivity contribution in [1.82, 2.24) is 9.80 Å². The number of likely N-dealkylation sites (tertiary alicyclic amines) is 1. The van der Waals surface area contributed by atoms with Crippen LogP contribution in [0.5, 0.6) is 0 Å². The van der Waals surface area contributed by atoms with Crippen LogP contribution in [0.4, 0.5) is 4.79 Å². The van der Waals surface area contributed by atoms with E-state index in [-0.39, 0.29) is 6.09 Å². The predicted octanol–water partition coefficient (Wildman–Crippen LogP) is 0.780. The Morgan fingerprint density at radius 2 is 2.00 bits per heavy atom. The zero-order chi connectivity index (χ0) is 9.68. The highest BCUT2D eigenvalue weighted by atomic mass is 16.6. The average molecular weight is 186 g/mol. The molecule has 0 radical (unpaired) electrons. The van der Waals surface area contributed by atoms with Crippen LogP contribution >= 0.6 is 0 Å². The molecule has 0 bridgehead atoms. The van der Waals surface area contributed by atoms with E-state index < -0.39 is 0 Å². The molecule has 13 heavy (non-hydrogen) atoms. The third-order valence-electron chi connectivity index (χ3n) is 2.20. The van der Waals surface area contributed by atoms with Gasteiger partial charge in [-0.05, 0) is 25.9 Å². The number of carbonyl (C=O) groups excluding carboxylic acids is 1. The highest BCUT2D eigenvalue weighted by molar-refractivity contribution is 5.66. The van der Waals surface area contributed by atoms with E-state index in [0.29, 0.717) is 6.61 Å². The molecule has 4 heteroatoms. The topological polar surface area (TPSA) is 32.8 Å². The van der Waals surface area contributed by atoms with Crippen LogP contribution in [0, 0.1) is 0 Å². The normalized spacial score (nSPS) is 17.4. The number of nitrogens with zero attached hydrogens (tertiary/aromatic N) is 2. The fourth-order valence-electron chi connectivity index (χ4n) is 1.40. The summed E-state index contributed by atoms with van der Waals surface area (Å²) in [6.45, 7) is 3.69. The molecule has 1 amide bonds. The molecule has 1 saturated heterocycles. The van der Waals surface area contributed by atoms with E-state index in [1.807, 2.05) is 0 Å². The standard InChI is InChI=1S/C9H18N2O2/c1-10(2)9(12)13-8-7-11-5-3-4-6-11/h3-8H2,1-2H3. The second kappa shape index (κ2) is 5.07. The van der Waals surface area contributed by atoms with Crippen LogP contribution in [-0.4, -0.2) is 56.2 Å². The molecule has 0 spiro atoms. The van der Waals surface area contributed by atoms with E-state index in [2.05, 4.69) is 4.90 Å². The first kappa shape index (κ1) is 10.3. The maximum absolute atomic E-state index is 11.0. The molecule has 0 aromatic rings. The minimum Gasteiger partial charge on any atom is -0.448 e. The van der Waals surface area contributed by atoms with Crippen molar-refractivity contribution in [3.05, 3.63) is 0 Å². The molecule has 0 unspecified atom stereocenters. The summed E-state index contributed by atoms with van der Waals surface area (Å²) in [7, 11) is 3.39. The molecule has 0 aromatic heterocycles. The molecule has 0 atom stereocenters. The molecule has 0 N–H and O–H groups in total. The molecule has 1 fully saturated rings. The Kier molecular flexibility index (Phi) is 4.02. The maximum atomic E-state index is 11.0. The van der Waals surface area contributed by atoms with Crippen LogP contribution in [-0.2, 0) is 4.74 Å². The van der Waals surface area contributed by atoms with Crippen molar-refractivity contribution in [3.8, 4) is 0 Å². The SMILES string of the molecule is CN(C)C(=O)OCCN1CCCC1. The summed E-state index contributed by atoms with van der Waals surface area (Å²) in [5.41, 5.74) is 0. The fraction of sp³-hybridized carbons (Fsp3) is 0.889. The summed E-state index contributed by atoms with van der Waals surface area (Å²) in [6, 6.07) is 0. The lowest BCUT2D eigenvalue weighted by molar-refractivity contribution is 0.108. The van der Waals surface area contributed by atoms with Crippen LogP contribution in [0.1, 0.15) is 12.8 Å².